The lowest BCUT2D eigenvalue weighted by atomic mass is 10.1. The first-order valence-electron chi connectivity index (χ1n) is 8.45. The number of thioether (sulfide) groups is 1. The molecule has 24 heavy (non-hydrogen) atoms. The monoisotopic (exact) mass is 413 g/mol. The molecule has 0 N–H and O–H groups in total. The quantitative estimate of drug-likeness (QED) is 0.488. The van der Waals surface area contributed by atoms with Crippen LogP contribution >= 0.6 is 27.7 Å². The van der Waals surface area contributed by atoms with Gasteiger partial charge in [0.1, 0.15) is 6.04 Å². The fraction of sp³-hybridized carbons (Fsp3) is 0.556. The van der Waals surface area contributed by atoms with E-state index in [-0.39, 0.29) is 17.3 Å². The Labute approximate surface area is 156 Å². The van der Waals surface area contributed by atoms with Crippen LogP contribution in [0.3, 0.4) is 0 Å². The average molecular weight is 414 g/mol. The van der Waals surface area contributed by atoms with E-state index in [9.17, 15) is 9.59 Å². The first-order valence-corrected chi connectivity index (χ1v) is 10.3. The number of ether oxygens (including phenoxy) is 1. The van der Waals surface area contributed by atoms with Gasteiger partial charge in [-0.2, -0.15) is 0 Å². The van der Waals surface area contributed by atoms with Crippen molar-refractivity contribution in [2.45, 2.75) is 50.9 Å². The summed E-state index contributed by atoms with van der Waals surface area (Å²) in [7, 11) is 0. The smallest absolute Gasteiger partial charge is 0.329 e. The highest BCUT2D eigenvalue weighted by Crippen LogP contribution is 2.35. The molecule has 0 aliphatic carbocycles. The highest BCUT2D eigenvalue weighted by Gasteiger charge is 2.42. The van der Waals surface area contributed by atoms with Crippen LogP contribution < -0.4 is 0 Å². The highest BCUT2D eigenvalue weighted by atomic mass is 79.9. The molecule has 0 saturated carbocycles. The van der Waals surface area contributed by atoms with Gasteiger partial charge in [-0.1, -0.05) is 38.8 Å². The fourth-order valence-corrected chi connectivity index (χ4v) is 4.63. The van der Waals surface area contributed by atoms with E-state index in [0.717, 1.165) is 30.2 Å². The van der Waals surface area contributed by atoms with Crippen molar-refractivity contribution in [3.05, 3.63) is 34.3 Å². The highest BCUT2D eigenvalue weighted by molar-refractivity contribution is 9.10. The van der Waals surface area contributed by atoms with Crippen LogP contribution in [-0.4, -0.2) is 40.6 Å². The Morgan fingerprint density at radius 1 is 1.29 bits per heavy atom. The van der Waals surface area contributed by atoms with Crippen LogP contribution in [0.15, 0.2) is 28.7 Å². The molecule has 1 aliphatic rings. The van der Waals surface area contributed by atoms with Crippen molar-refractivity contribution >= 4 is 39.6 Å². The Morgan fingerprint density at radius 2 is 2.04 bits per heavy atom. The number of unbranched alkanes of at least 4 members (excludes halogenated alkanes) is 1. The summed E-state index contributed by atoms with van der Waals surface area (Å²) in [6.45, 7) is 4.57. The molecule has 1 aromatic rings. The second-order valence-corrected chi connectivity index (χ2v) is 7.87. The number of carbonyl (C=O) groups excluding carboxylic acids is 2. The SMILES string of the molecule is CCCCOC(=O)[C@@H]1CS[C@@H](CCC)N1C(=O)c1ccccc1Br. The maximum atomic E-state index is 13.1. The van der Waals surface area contributed by atoms with Crippen LogP contribution in [0.25, 0.3) is 0 Å². The number of nitrogens with zero attached hydrogens (tertiary/aromatic N) is 1. The van der Waals surface area contributed by atoms with Crippen molar-refractivity contribution < 1.29 is 14.3 Å². The molecule has 1 aliphatic heterocycles. The van der Waals surface area contributed by atoms with Crippen LogP contribution in [0.1, 0.15) is 49.9 Å². The molecule has 6 heteroatoms. The van der Waals surface area contributed by atoms with Gasteiger partial charge in [-0.3, -0.25) is 4.79 Å². The second-order valence-electron chi connectivity index (χ2n) is 5.81. The maximum Gasteiger partial charge on any atom is 0.329 e. The molecule has 2 atom stereocenters. The van der Waals surface area contributed by atoms with E-state index in [1.807, 2.05) is 18.2 Å². The lowest BCUT2D eigenvalue weighted by Crippen LogP contribution is -2.46. The van der Waals surface area contributed by atoms with Gasteiger partial charge < -0.3 is 9.64 Å². The van der Waals surface area contributed by atoms with E-state index in [1.54, 1.807) is 22.7 Å². The van der Waals surface area contributed by atoms with Crippen molar-refractivity contribution in [1.29, 1.82) is 0 Å². The summed E-state index contributed by atoms with van der Waals surface area (Å²) in [6, 6.07) is 6.85. The van der Waals surface area contributed by atoms with Crippen molar-refractivity contribution in [3.63, 3.8) is 0 Å². The van der Waals surface area contributed by atoms with Gasteiger partial charge in [-0.05, 0) is 40.9 Å². The lowest BCUT2D eigenvalue weighted by molar-refractivity contribution is -0.148. The summed E-state index contributed by atoms with van der Waals surface area (Å²) in [4.78, 5) is 27.3. The van der Waals surface area contributed by atoms with E-state index in [0.29, 0.717) is 17.9 Å². The Morgan fingerprint density at radius 3 is 2.71 bits per heavy atom. The van der Waals surface area contributed by atoms with Crippen molar-refractivity contribution in [1.82, 2.24) is 4.90 Å². The molecule has 0 bridgehead atoms. The van der Waals surface area contributed by atoms with E-state index < -0.39 is 6.04 Å². The molecule has 1 aromatic carbocycles. The van der Waals surface area contributed by atoms with Gasteiger partial charge >= 0.3 is 5.97 Å². The Balaban J connectivity index is 2.20. The molecule has 4 nitrogen and oxygen atoms in total. The molecule has 1 fully saturated rings. The predicted octanol–water partition coefficient (Wildman–Crippen LogP) is 4.48. The molecule has 0 spiro atoms. The zero-order chi connectivity index (χ0) is 17.5. The van der Waals surface area contributed by atoms with E-state index in [1.165, 1.54) is 0 Å². The van der Waals surface area contributed by atoms with Gasteiger partial charge in [-0.15, -0.1) is 11.8 Å². The lowest BCUT2D eigenvalue weighted by Gasteiger charge is -2.28. The van der Waals surface area contributed by atoms with Crippen molar-refractivity contribution in [2.24, 2.45) is 0 Å². The third kappa shape index (κ3) is 4.54. The number of benzene rings is 1. The molecule has 0 unspecified atom stereocenters. The number of rotatable bonds is 7. The fourth-order valence-electron chi connectivity index (χ4n) is 2.67. The summed E-state index contributed by atoms with van der Waals surface area (Å²) >= 11 is 5.11. The maximum absolute atomic E-state index is 13.1. The summed E-state index contributed by atoms with van der Waals surface area (Å²) in [5, 5.41) is 0.0262. The first kappa shape index (κ1) is 19.3. The topological polar surface area (TPSA) is 46.6 Å². The predicted molar refractivity (Wildman–Crippen MR) is 101 cm³/mol. The Hall–Kier alpha value is -1.01. The number of carbonyl (C=O) groups is 2. The standard InChI is InChI=1S/C18H24BrNO3S/c1-3-5-11-23-18(22)15-12-24-16(8-4-2)20(15)17(21)13-9-6-7-10-14(13)19/h6-7,9-10,15-16H,3-5,8,11-12H2,1-2H3/t15-,16-/m0/s1. The van der Waals surface area contributed by atoms with Crippen LogP contribution in [0.2, 0.25) is 0 Å². The van der Waals surface area contributed by atoms with Crippen LogP contribution in [0.4, 0.5) is 0 Å². The molecule has 0 aromatic heterocycles. The minimum Gasteiger partial charge on any atom is -0.464 e. The number of halogens is 1. The Kier molecular flexibility index (Phi) is 7.62. The molecule has 2 rings (SSSR count). The third-order valence-electron chi connectivity index (χ3n) is 3.98. The molecule has 1 heterocycles. The van der Waals surface area contributed by atoms with Crippen LogP contribution in [0.5, 0.6) is 0 Å². The number of amides is 1. The molecule has 1 amide bonds. The van der Waals surface area contributed by atoms with Crippen molar-refractivity contribution in [2.75, 3.05) is 12.4 Å². The summed E-state index contributed by atoms with van der Waals surface area (Å²) in [5.41, 5.74) is 0.590. The Bertz CT molecular complexity index is 581. The van der Waals surface area contributed by atoms with E-state index in [2.05, 4.69) is 29.8 Å². The van der Waals surface area contributed by atoms with Gasteiger partial charge in [0.15, 0.2) is 0 Å². The zero-order valence-electron chi connectivity index (χ0n) is 14.2. The zero-order valence-corrected chi connectivity index (χ0v) is 16.6. The number of hydrogen-bond donors (Lipinski definition) is 0. The van der Waals surface area contributed by atoms with E-state index in [4.69, 9.17) is 4.74 Å². The van der Waals surface area contributed by atoms with E-state index >= 15 is 0 Å². The van der Waals surface area contributed by atoms with Crippen LogP contribution in [0, 0.1) is 0 Å². The van der Waals surface area contributed by atoms with Gasteiger partial charge in [0.2, 0.25) is 0 Å². The minimum atomic E-state index is -0.497. The molecule has 0 radical (unpaired) electrons. The normalized spacial score (nSPS) is 20.2. The minimum absolute atomic E-state index is 0.0262. The summed E-state index contributed by atoms with van der Waals surface area (Å²) in [5.74, 6) is 0.213. The molecular formula is C18H24BrNO3S. The third-order valence-corrected chi connectivity index (χ3v) is 6.03. The second kappa shape index (κ2) is 9.47. The summed E-state index contributed by atoms with van der Waals surface area (Å²) < 4.78 is 6.13. The molecule has 132 valence electrons. The summed E-state index contributed by atoms with van der Waals surface area (Å²) in [6.07, 6.45) is 3.67. The molecule has 1 saturated heterocycles. The largest absolute Gasteiger partial charge is 0.464 e. The first-order chi connectivity index (χ1) is 11.6. The van der Waals surface area contributed by atoms with Crippen molar-refractivity contribution in [3.8, 4) is 0 Å². The number of hydrogen-bond acceptors (Lipinski definition) is 4. The van der Waals surface area contributed by atoms with Gasteiger partial charge in [0.25, 0.3) is 5.91 Å². The van der Waals surface area contributed by atoms with Gasteiger partial charge in [0.05, 0.1) is 17.5 Å². The molecular weight excluding hydrogens is 390 g/mol. The average Bonchev–Trinajstić information content (AvgIpc) is 2.99. The van der Waals surface area contributed by atoms with Crippen LogP contribution in [-0.2, 0) is 9.53 Å². The number of esters is 1. The van der Waals surface area contributed by atoms with Gasteiger partial charge in [-0.25, -0.2) is 4.79 Å². The van der Waals surface area contributed by atoms with Gasteiger partial charge in [0, 0.05) is 10.2 Å².